The molecule has 15 heteroatoms. The highest BCUT2D eigenvalue weighted by atomic mass is 19.4. The highest BCUT2D eigenvalue weighted by molar-refractivity contribution is 6.01. The minimum absolute atomic E-state index is 0.0161. The van der Waals surface area contributed by atoms with Crippen LogP contribution in [-0.2, 0) is 35.0 Å². The van der Waals surface area contributed by atoms with E-state index < -0.39 is 53.1 Å². The van der Waals surface area contributed by atoms with Crippen LogP contribution in [0, 0.1) is 0 Å². The number of aliphatic hydroxyl groups excluding tert-OH is 1. The highest BCUT2D eigenvalue weighted by Crippen LogP contribution is 2.44. The van der Waals surface area contributed by atoms with Gasteiger partial charge in [0, 0.05) is 36.5 Å². The summed E-state index contributed by atoms with van der Waals surface area (Å²) in [4.78, 5) is 22.2. The van der Waals surface area contributed by atoms with Crippen molar-refractivity contribution in [3.8, 4) is 5.75 Å². The standard InChI is InChI=1S/C38H33F6N5O4/c39-37(40,41)29-20-26(21-30(22-29)38(42,43)44)23-46-35(51)36(17-6-10-25-8-2-1-3-9-25)33(32-12-5-4-11-28(32)24-47-49-45)53-34(48-36)27-13-15-31(16-14-27)52-19-7-18-50/h1-6,8-16,20-22,33,50H,7,17-19,23-24H2,(H,46,51)/b10-6+/t33-,36-/m1/s1. The van der Waals surface area contributed by atoms with Gasteiger partial charge in [-0.3, -0.25) is 4.79 Å². The van der Waals surface area contributed by atoms with Crippen LogP contribution in [0.25, 0.3) is 16.5 Å². The normalized spacial score (nSPS) is 17.2. The fourth-order valence-corrected chi connectivity index (χ4v) is 5.73. The summed E-state index contributed by atoms with van der Waals surface area (Å²) in [6, 6.07) is 23.5. The van der Waals surface area contributed by atoms with E-state index in [0.29, 0.717) is 41.0 Å². The van der Waals surface area contributed by atoms with E-state index in [-0.39, 0.29) is 38.1 Å². The van der Waals surface area contributed by atoms with Gasteiger partial charge in [0.15, 0.2) is 11.6 Å². The molecule has 4 aromatic rings. The molecule has 5 rings (SSSR count). The summed E-state index contributed by atoms with van der Waals surface area (Å²) in [5.41, 5.74) is 5.87. The van der Waals surface area contributed by atoms with E-state index in [2.05, 4.69) is 15.3 Å². The first kappa shape index (κ1) is 38.4. The van der Waals surface area contributed by atoms with Crippen molar-refractivity contribution < 1.29 is 45.7 Å². The van der Waals surface area contributed by atoms with E-state index in [9.17, 15) is 31.1 Å². The van der Waals surface area contributed by atoms with Crippen molar-refractivity contribution in [2.45, 2.75) is 49.9 Å². The molecule has 276 valence electrons. The molecule has 1 aliphatic heterocycles. The maximum Gasteiger partial charge on any atom is 0.416 e. The zero-order chi connectivity index (χ0) is 38.1. The second-order valence-corrected chi connectivity index (χ2v) is 12.0. The van der Waals surface area contributed by atoms with Crippen LogP contribution >= 0.6 is 0 Å². The van der Waals surface area contributed by atoms with Crippen LogP contribution in [0.3, 0.4) is 0 Å². The SMILES string of the molecule is [N-]=[N+]=NCc1ccccc1[C@H]1OC(c2ccc(OCCCO)cc2)=N[C@@]1(C/C=C/c1ccccc1)C(=O)NCc1cc(C(F)(F)F)cc(C(F)(F)F)c1. The molecule has 1 aliphatic rings. The van der Waals surface area contributed by atoms with E-state index in [4.69, 9.17) is 25.1 Å². The Morgan fingerprint density at radius 3 is 2.26 bits per heavy atom. The minimum atomic E-state index is -5.08. The minimum Gasteiger partial charge on any atom is -0.494 e. The average Bonchev–Trinajstić information content (AvgIpc) is 3.53. The number of carbonyl (C=O) groups is 1. The molecule has 0 aliphatic carbocycles. The van der Waals surface area contributed by atoms with Gasteiger partial charge in [-0.05, 0) is 70.2 Å². The third-order valence-electron chi connectivity index (χ3n) is 8.31. The van der Waals surface area contributed by atoms with Gasteiger partial charge in [0.25, 0.3) is 5.91 Å². The molecule has 0 radical (unpaired) electrons. The van der Waals surface area contributed by atoms with Gasteiger partial charge < -0.3 is 19.9 Å². The Labute approximate surface area is 300 Å². The van der Waals surface area contributed by atoms with Crippen LogP contribution in [-0.4, -0.2) is 35.7 Å². The number of hydrogen-bond acceptors (Lipinski definition) is 6. The van der Waals surface area contributed by atoms with Gasteiger partial charge in [-0.15, -0.1) is 0 Å². The zero-order valence-corrected chi connectivity index (χ0v) is 27.9. The first-order valence-electron chi connectivity index (χ1n) is 16.3. The fourth-order valence-electron chi connectivity index (χ4n) is 5.73. The Morgan fingerprint density at radius 1 is 0.962 bits per heavy atom. The Kier molecular flexibility index (Phi) is 12.1. The largest absolute Gasteiger partial charge is 0.494 e. The number of azide groups is 1. The summed E-state index contributed by atoms with van der Waals surface area (Å²) in [5.74, 6) is -0.327. The molecule has 1 amide bonds. The number of ether oxygens (including phenoxy) is 2. The lowest BCUT2D eigenvalue weighted by Crippen LogP contribution is -2.48. The van der Waals surface area contributed by atoms with Crippen molar-refractivity contribution in [3.05, 3.63) is 153 Å². The second kappa shape index (κ2) is 16.7. The number of halogens is 6. The number of amides is 1. The molecule has 0 spiro atoms. The van der Waals surface area contributed by atoms with Gasteiger partial charge in [0.05, 0.1) is 24.3 Å². The predicted molar refractivity (Wildman–Crippen MR) is 184 cm³/mol. The quantitative estimate of drug-likeness (QED) is 0.0440. The molecule has 0 saturated heterocycles. The van der Waals surface area contributed by atoms with Crippen LogP contribution in [0.1, 0.15) is 57.9 Å². The third kappa shape index (κ3) is 9.56. The van der Waals surface area contributed by atoms with Crippen molar-refractivity contribution in [2.75, 3.05) is 13.2 Å². The van der Waals surface area contributed by atoms with Gasteiger partial charge in [0.2, 0.25) is 5.90 Å². The lowest BCUT2D eigenvalue weighted by molar-refractivity contribution is -0.143. The molecule has 2 N–H and O–H groups in total. The van der Waals surface area contributed by atoms with Gasteiger partial charge in [-0.2, -0.15) is 26.3 Å². The highest BCUT2D eigenvalue weighted by Gasteiger charge is 2.53. The molecular formula is C38H33F6N5O4. The molecule has 4 aromatic carbocycles. The molecule has 9 nitrogen and oxygen atoms in total. The molecular weight excluding hydrogens is 704 g/mol. The third-order valence-corrected chi connectivity index (χ3v) is 8.31. The Hall–Kier alpha value is -5.79. The summed E-state index contributed by atoms with van der Waals surface area (Å²) in [6.45, 7) is -0.604. The van der Waals surface area contributed by atoms with Crippen LogP contribution in [0.15, 0.2) is 113 Å². The van der Waals surface area contributed by atoms with Gasteiger partial charge in [-0.1, -0.05) is 71.9 Å². The van der Waals surface area contributed by atoms with Crippen molar-refractivity contribution >= 4 is 17.9 Å². The molecule has 0 aromatic heterocycles. The number of alkyl halides is 6. The molecule has 0 bridgehead atoms. The zero-order valence-electron chi connectivity index (χ0n) is 27.9. The van der Waals surface area contributed by atoms with Crippen LogP contribution in [0.5, 0.6) is 5.75 Å². The Morgan fingerprint density at radius 2 is 1.62 bits per heavy atom. The Bertz CT molecular complexity index is 1960. The molecule has 0 fully saturated rings. The monoisotopic (exact) mass is 737 g/mol. The number of aliphatic hydroxyl groups is 1. The number of rotatable bonds is 14. The molecule has 53 heavy (non-hydrogen) atoms. The van der Waals surface area contributed by atoms with Crippen molar-refractivity contribution in [1.29, 1.82) is 0 Å². The summed E-state index contributed by atoms with van der Waals surface area (Å²) in [6.07, 6.45) is -7.65. The summed E-state index contributed by atoms with van der Waals surface area (Å²) < 4.78 is 94.0. The van der Waals surface area contributed by atoms with Gasteiger partial charge in [0.1, 0.15) is 5.75 Å². The first-order valence-corrected chi connectivity index (χ1v) is 16.3. The maximum atomic E-state index is 14.5. The van der Waals surface area contributed by atoms with Gasteiger partial charge in [-0.25, -0.2) is 4.99 Å². The smallest absolute Gasteiger partial charge is 0.416 e. The predicted octanol–water partition coefficient (Wildman–Crippen LogP) is 8.97. The van der Waals surface area contributed by atoms with Crippen molar-refractivity contribution in [1.82, 2.24) is 5.32 Å². The summed E-state index contributed by atoms with van der Waals surface area (Å²) >= 11 is 0. The summed E-state index contributed by atoms with van der Waals surface area (Å²) in [7, 11) is 0. The molecule has 0 saturated carbocycles. The number of nitrogens with zero attached hydrogens (tertiary/aromatic N) is 4. The topological polar surface area (TPSA) is 129 Å². The molecule has 1 heterocycles. The maximum absolute atomic E-state index is 14.5. The lowest BCUT2D eigenvalue weighted by atomic mass is 9.82. The van der Waals surface area contributed by atoms with E-state index >= 15 is 0 Å². The van der Waals surface area contributed by atoms with Crippen molar-refractivity contribution in [2.24, 2.45) is 10.1 Å². The van der Waals surface area contributed by atoms with E-state index in [1.165, 1.54) is 0 Å². The van der Waals surface area contributed by atoms with E-state index in [1.54, 1.807) is 60.7 Å². The van der Waals surface area contributed by atoms with Crippen molar-refractivity contribution in [3.63, 3.8) is 0 Å². The number of carbonyl (C=O) groups excluding carboxylic acids is 1. The van der Waals surface area contributed by atoms with Gasteiger partial charge >= 0.3 is 12.4 Å². The number of hydrogen-bond donors (Lipinski definition) is 2. The molecule has 0 unspecified atom stereocenters. The van der Waals surface area contributed by atoms with Crippen LogP contribution in [0.4, 0.5) is 26.3 Å². The fraction of sp³-hybridized carbons (Fsp3) is 0.263. The average molecular weight is 738 g/mol. The van der Waals surface area contributed by atoms with E-state index in [1.807, 2.05) is 30.3 Å². The first-order chi connectivity index (χ1) is 25.3. The lowest BCUT2D eigenvalue weighted by Gasteiger charge is -2.31. The molecule has 2 atom stereocenters. The number of aliphatic imine (C=N–C) groups is 1. The van der Waals surface area contributed by atoms with Crippen LogP contribution < -0.4 is 10.1 Å². The van der Waals surface area contributed by atoms with E-state index in [0.717, 1.165) is 5.56 Å². The number of benzene rings is 4. The Balaban J connectivity index is 1.60. The number of nitrogens with one attached hydrogen (secondary N) is 1. The van der Waals surface area contributed by atoms with Crippen LogP contribution in [0.2, 0.25) is 0 Å². The second-order valence-electron chi connectivity index (χ2n) is 12.0. The summed E-state index contributed by atoms with van der Waals surface area (Å²) in [5, 5.41) is 15.3.